The van der Waals surface area contributed by atoms with Crippen LogP contribution in [0.4, 0.5) is 0 Å². The van der Waals surface area contributed by atoms with E-state index in [2.05, 4.69) is 11.7 Å². The predicted octanol–water partition coefficient (Wildman–Crippen LogP) is -1.10. The van der Waals surface area contributed by atoms with E-state index in [-0.39, 0.29) is 17.6 Å². The molecule has 8 nitrogen and oxygen atoms in total. The first-order valence-corrected chi connectivity index (χ1v) is 9.30. The molecule has 2 aliphatic heterocycles. The fourth-order valence-electron chi connectivity index (χ4n) is 2.83. The van der Waals surface area contributed by atoms with Gasteiger partial charge in [0.1, 0.15) is 36.0 Å². The summed E-state index contributed by atoms with van der Waals surface area (Å²) in [6.07, 6.45) is -7.24. The first-order chi connectivity index (χ1) is 10.9. The molecule has 10 heteroatoms. The van der Waals surface area contributed by atoms with Crippen molar-refractivity contribution in [2.45, 2.75) is 67.8 Å². The van der Waals surface area contributed by atoms with Crippen molar-refractivity contribution in [1.29, 1.82) is 0 Å². The molecule has 0 aliphatic carbocycles. The van der Waals surface area contributed by atoms with E-state index in [0.717, 1.165) is 0 Å². The summed E-state index contributed by atoms with van der Waals surface area (Å²) in [4.78, 5) is 0. The molecule has 9 atom stereocenters. The molecule has 23 heavy (non-hydrogen) atoms. The van der Waals surface area contributed by atoms with Crippen molar-refractivity contribution in [2.24, 2.45) is 0 Å². The minimum absolute atomic E-state index is 0.145. The second kappa shape index (κ2) is 8.65. The lowest BCUT2D eigenvalue weighted by molar-refractivity contribution is -0.330. The Balaban J connectivity index is 2.06. The van der Waals surface area contributed by atoms with Crippen LogP contribution in [0.15, 0.2) is 0 Å². The summed E-state index contributed by atoms with van der Waals surface area (Å²) in [5.41, 5.74) is -0.145. The Kier molecular flexibility index (Phi) is 7.41. The van der Waals surface area contributed by atoms with Crippen molar-refractivity contribution in [3.8, 4) is 0 Å². The molecular weight excluding hydrogens is 348 g/mol. The van der Waals surface area contributed by atoms with E-state index in [0.29, 0.717) is 6.42 Å². The second-order valence-corrected chi connectivity index (χ2v) is 7.05. The number of aliphatic hydroxyl groups excluding tert-OH is 4. The number of hydrogen-bond donors (Lipinski definition) is 5. The molecule has 0 bridgehead atoms. The third kappa shape index (κ3) is 4.32. The van der Waals surface area contributed by atoms with Gasteiger partial charge in [-0.1, -0.05) is 10.8 Å². The standard InChI is InChI=1S/C13H24O8S2/c1-5-12(6(18-2)3-8(19-5)23-22)21-13-11(17)10(16)9(15)7(4-14)20-13/h5-17,22H,3-4H2,1-2H3. The van der Waals surface area contributed by atoms with Gasteiger partial charge >= 0.3 is 0 Å². The highest BCUT2D eigenvalue weighted by Crippen LogP contribution is 2.34. The SMILES string of the molecule is COC1CC(SS)OC(C)C1OC1OC(CO)C(O)C(O)C1O. The maximum absolute atomic E-state index is 10.1. The summed E-state index contributed by atoms with van der Waals surface area (Å²) in [7, 11) is 2.82. The third-order valence-electron chi connectivity index (χ3n) is 4.18. The van der Waals surface area contributed by atoms with Crippen molar-refractivity contribution in [1.82, 2.24) is 0 Å². The van der Waals surface area contributed by atoms with Gasteiger partial charge in [0.15, 0.2) is 6.29 Å². The van der Waals surface area contributed by atoms with Crippen LogP contribution < -0.4 is 0 Å². The molecule has 2 aliphatic rings. The second-order valence-electron chi connectivity index (χ2n) is 5.68. The van der Waals surface area contributed by atoms with Crippen LogP contribution in [0, 0.1) is 0 Å². The van der Waals surface area contributed by atoms with E-state index in [1.807, 2.05) is 0 Å². The van der Waals surface area contributed by atoms with Crippen LogP contribution in [0.1, 0.15) is 13.3 Å². The van der Waals surface area contributed by atoms with Crippen molar-refractivity contribution >= 4 is 22.5 Å². The highest BCUT2D eigenvalue weighted by molar-refractivity contribution is 8.68. The van der Waals surface area contributed by atoms with Crippen LogP contribution in [0.2, 0.25) is 0 Å². The van der Waals surface area contributed by atoms with Gasteiger partial charge in [0, 0.05) is 13.5 Å². The number of hydrogen-bond acceptors (Lipinski definition) is 10. The summed E-state index contributed by atoms with van der Waals surface area (Å²) >= 11 is 4.15. The van der Waals surface area contributed by atoms with Crippen LogP contribution in [0.5, 0.6) is 0 Å². The molecule has 0 aromatic rings. The molecule has 2 saturated heterocycles. The van der Waals surface area contributed by atoms with Gasteiger partial charge in [-0.15, -0.1) is 11.7 Å². The largest absolute Gasteiger partial charge is 0.394 e. The van der Waals surface area contributed by atoms with Crippen molar-refractivity contribution in [2.75, 3.05) is 13.7 Å². The van der Waals surface area contributed by atoms with Gasteiger partial charge in [-0.25, -0.2) is 0 Å². The highest BCUT2D eigenvalue weighted by Gasteiger charge is 2.47. The Morgan fingerprint density at radius 2 is 1.87 bits per heavy atom. The van der Waals surface area contributed by atoms with Gasteiger partial charge < -0.3 is 39.4 Å². The lowest BCUT2D eigenvalue weighted by Crippen LogP contribution is -2.61. The summed E-state index contributed by atoms with van der Waals surface area (Å²) < 4.78 is 22.3. The Labute approximate surface area is 143 Å². The van der Waals surface area contributed by atoms with Gasteiger partial charge in [0.05, 0.1) is 18.8 Å². The maximum Gasteiger partial charge on any atom is 0.187 e. The van der Waals surface area contributed by atoms with Crippen molar-refractivity contribution < 1.29 is 39.4 Å². The molecule has 2 heterocycles. The van der Waals surface area contributed by atoms with Crippen LogP contribution in [-0.4, -0.2) is 88.6 Å². The van der Waals surface area contributed by atoms with Crippen LogP contribution in [0.3, 0.4) is 0 Å². The molecule has 0 aromatic heterocycles. The molecule has 9 unspecified atom stereocenters. The van der Waals surface area contributed by atoms with E-state index in [1.165, 1.54) is 10.8 Å². The lowest BCUT2D eigenvalue weighted by Gasteiger charge is -2.44. The van der Waals surface area contributed by atoms with Gasteiger partial charge in [0.25, 0.3) is 0 Å². The van der Waals surface area contributed by atoms with Gasteiger partial charge in [0.2, 0.25) is 0 Å². The topological polar surface area (TPSA) is 118 Å². The van der Waals surface area contributed by atoms with Crippen molar-refractivity contribution in [3.05, 3.63) is 0 Å². The highest BCUT2D eigenvalue weighted by atomic mass is 33.1. The summed E-state index contributed by atoms with van der Waals surface area (Å²) in [6.45, 7) is 1.30. The molecule has 136 valence electrons. The van der Waals surface area contributed by atoms with Crippen LogP contribution >= 0.6 is 22.5 Å². The molecule has 0 amide bonds. The van der Waals surface area contributed by atoms with E-state index in [1.54, 1.807) is 14.0 Å². The Hall–Kier alpha value is 0.380. The number of thiol groups is 1. The van der Waals surface area contributed by atoms with E-state index < -0.39 is 43.4 Å². The number of rotatable bonds is 5. The normalized spacial score (nSPS) is 48.4. The Morgan fingerprint density at radius 1 is 1.17 bits per heavy atom. The van der Waals surface area contributed by atoms with E-state index >= 15 is 0 Å². The first kappa shape index (κ1) is 19.7. The zero-order valence-electron chi connectivity index (χ0n) is 12.9. The molecule has 0 spiro atoms. The van der Waals surface area contributed by atoms with Gasteiger partial charge in [-0.2, -0.15) is 0 Å². The average molecular weight is 372 g/mol. The number of methoxy groups -OCH3 is 1. The van der Waals surface area contributed by atoms with Crippen LogP contribution in [-0.2, 0) is 18.9 Å². The van der Waals surface area contributed by atoms with Gasteiger partial charge in [-0.3, -0.25) is 0 Å². The Morgan fingerprint density at radius 3 is 2.43 bits per heavy atom. The summed E-state index contributed by atoms with van der Waals surface area (Å²) in [6, 6.07) is 0. The first-order valence-electron chi connectivity index (χ1n) is 7.37. The molecular formula is C13H24O8S2. The molecule has 0 radical (unpaired) electrons. The van der Waals surface area contributed by atoms with Gasteiger partial charge in [-0.05, 0) is 6.92 Å². The third-order valence-corrected chi connectivity index (χ3v) is 5.42. The summed E-state index contributed by atoms with van der Waals surface area (Å²) in [5.74, 6) is 0. The minimum Gasteiger partial charge on any atom is -0.394 e. The maximum atomic E-state index is 10.1. The average Bonchev–Trinajstić information content (AvgIpc) is 2.56. The number of ether oxygens (including phenoxy) is 4. The van der Waals surface area contributed by atoms with E-state index in [9.17, 15) is 20.4 Å². The predicted molar refractivity (Wildman–Crippen MR) is 85.0 cm³/mol. The Bertz CT molecular complexity index is 374. The molecule has 0 saturated carbocycles. The lowest BCUT2D eigenvalue weighted by atomic mass is 9.98. The molecule has 4 N–H and O–H groups in total. The monoisotopic (exact) mass is 372 g/mol. The minimum atomic E-state index is -1.48. The van der Waals surface area contributed by atoms with Crippen molar-refractivity contribution in [3.63, 3.8) is 0 Å². The smallest absolute Gasteiger partial charge is 0.187 e. The summed E-state index contributed by atoms with van der Waals surface area (Å²) in [5, 5.41) is 38.9. The zero-order chi connectivity index (χ0) is 17.1. The quantitative estimate of drug-likeness (QED) is 0.303. The molecule has 0 aromatic carbocycles. The molecule has 2 rings (SSSR count). The van der Waals surface area contributed by atoms with Crippen LogP contribution in [0.25, 0.3) is 0 Å². The zero-order valence-corrected chi connectivity index (χ0v) is 14.6. The fraction of sp³-hybridized carbons (Fsp3) is 1.00. The fourth-order valence-corrected chi connectivity index (χ4v) is 3.74. The number of aliphatic hydroxyl groups is 4. The molecule has 2 fully saturated rings. The van der Waals surface area contributed by atoms with E-state index in [4.69, 9.17) is 18.9 Å².